The van der Waals surface area contributed by atoms with E-state index in [0.717, 1.165) is 33.3 Å². The number of aliphatic hydroxyl groups is 1. The molecule has 1 N–H and O–H groups in total. The topological polar surface area (TPSA) is 82.9 Å². The molecule has 2 aliphatic heterocycles. The predicted octanol–water partition coefficient (Wildman–Crippen LogP) is 4.30. The van der Waals surface area contributed by atoms with Crippen LogP contribution in [0.5, 0.6) is 17.2 Å². The summed E-state index contributed by atoms with van der Waals surface area (Å²) in [7, 11) is 1.61. The quantitative estimate of drug-likeness (QED) is 0.475. The molecule has 2 aliphatic rings. The highest BCUT2D eigenvalue weighted by Crippen LogP contribution is 2.45. The standard InChI is InChI=1S/C25H20N2O5S/c1-29-18-6-4-17(5-7-18)25(28)20(10-15-2-8-21-22(11-15)27-33-26-21)19(13-32-25)16-3-9-23-24(12-16)31-14-30-23/h2-9,11-12,28H,10,13-14H2,1H3. The fourth-order valence-corrected chi connectivity index (χ4v) is 4.86. The van der Waals surface area contributed by atoms with Gasteiger partial charge in [0.1, 0.15) is 16.8 Å². The smallest absolute Gasteiger partial charge is 0.231 e. The van der Waals surface area contributed by atoms with Gasteiger partial charge in [0, 0.05) is 11.1 Å². The summed E-state index contributed by atoms with van der Waals surface area (Å²) in [5.41, 5.74) is 5.98. The molecule has 0 saturated carbocycles. The normalized spacial score (nSPS) is 19.5. The van der Waals surface area contributed by atoms with Gasteiger partial charge in [0.15, 0.2) is 11.5 Å². The molecule has 1 unspecified atom stereocenters. The van der Waals surface area contributed by atoms with Gasteiger partial charge in [-0.05, 0) is 71.7 Å². The maximum Gasteiger partial charge on any atom is 0.231 e. The van der Waals surface area contributed by atoms with Gasteiger partial charge in [-0.2, -0.15) is 8.75 Å². The molecule has 0 fully saturated rings. The van der Waals surface area contributed by atoms with Crippen molar-refractivity contribution in [2.24, 2.45) is 0 Å². The van der Waals surface area contributed by atoms with Crippen LogP contribution in [0, 0.1) is 0 Å². The molecule has 0 aliphatic carbocycles. The number of rotatable bonds is 5. The van der Waals surface area contributed by atoms with Crippen LogP contribution in [0.15, 0.2) is 66.2 Å². The molecule has 3 heterocycles. The van der Waals surface area contributed by atoms with Gasteiger partial charge in [-0.25, -0.2) is 0 Å². The van der Waals surface area contributed by atoms with Gasteiger partial charge < -0.3 is 24.1 Å². The second kappa shape index (κ2) is 7.84. The average Bonchev–Trinajstić information content (AvgIpc) is 3.58. The fourth-order valence-electron chi connectivity index (χ4n) is 4.34. The van der Waals surface area contributed by atoms with Crippen LogP contribution in [-0.2, 0) is 16.9 Å². The molecule has 6 rings (SSSR count). The van der Waals surface area contributed by atoms with Crippen molar-refractivity contribution >= 4 is 28.3 Å². The Kier molecular flexibility index (Phi) is 4.79. The molecule has 0 amide bonds. The number of fused-ring (bicyclic) bond motifs is 2. The summed E-state index contributed by atoms with van der Waals surface area (Å²) in [6.07, 6.45) is 0.486. The Labute approximate surface area is 194 Å². The van der Waals surface area contributed by atoms with Gasteiger partial charge in [-0.15, -0.1) is 0 Å². The summed E-state index contributed by atoms with van der Waals surface area (Å²) in [6, 6.07) is 19.1. The van der Waals surface area contributed by atoms with Crippen molar-refractivity contribution in [2.45, 2.75) is 12.2 Å². The average molecular weight is 461 g/mol. The van der Waals surface area contributed by atoms with E-state index < -0.39 is 5.79 Å². The van der Waals surface area contributed by atoms with Gasteiger partial charge in [0.05, 0.1) is 25.4 Å². The first kappa shape index (κ1) is 20.2. The lowest BCUT2D eigenvalue weighted by atomic mass is 9.88. The number of aromatic nitrogens is 2. The highest BCUT2D eigenvalue weighted by Gasteiger charge is 2.42. The molecule has 0 radical (unpaired) electrons. The number of hydrogen-bond acceptors (Lipinski definition) is 8. The zero-order valence-electron chi connectivity index (χ0n) is 17.8. The Morgan fingerprint density at radius 3 is 2.64 bits per heavy atom. The molecule has 0 saturated heterocycles. The van der Waals surface area contributed by atoms with E-state index in [1.54, 1.807) is 7.11 Å². The zero-order chi connectivity index (χ0) is 22.4. The van der Waals surface area contributed by atoms with Crippen molar-refractivity contribution < 1.29 is 24.1 Å². The van der Waals surface area contributed by atoms with Crippen molar-refractivity contribution in [3.63, 3.8) is 0 Å². The Morgan fingerprint density at radius 1 is 0.970 bits per heavy atom. The molecule has 3 aromatic carbocycles. The zero-order valence-corrected chi connectivity index (χ0v) is 18.6. The van der Waals surface area contributed by atoms with Crippen LogP contribution in [0.1, 0.15) is 16.7 Å². The van der Waals surface area contributed by atoms with Gasteiger partial charge in [0.25, 0.3) is 0 Å². The SMILES string of the molecule is COc1ccc(C2(O)OCC(c3ccc4c(c3)OCO4)=C2Cc2ccc3nsnc3c2)cc1. The lowest BCUT2D eigenvalue weighted by molar-refractivity contribution is -0.162. The van der Waals surface area contributed by atoms with E-state index in [1.807, 2.05) is 60.7 Å². The number of nitrogens with zero attached hydrogens (tertiary/aromatic N) is 2. The second-order valence-corrected chi connectivity index (χ2v) is 8.48. The van der Waals surface area contributed by atoms with Crippen LogP contribution >= 0.6 is 11.7 Å². The molecule has 8 heteroatoms. The van der Waals surface area contributed by atoms with E-state index in [1.165, 1.54) is 11.7 Å². The van der Waals surface area contributed by atoms with Crippen LogP contribution in [0.25, 0.3) is 16.6 Å². The Balaban J connectivity index is 1.47. The highest BCUT2D eigenvalue weighted by atomic mass is 32.1. The van der Waals surface area contributed by atoms with Crippen molar-refractivity contribution in [1.82, 2.24) is 8.75 Å². The van der Waals surface area contributed by atoms with Crippen LogP contribution < -0.4 is 14.2 Å². The van der Waals surface area contributed by atoms with Gasteiger partial charge in [0.2, 0.25) is 12.6 Å². The maximum atomic E-state index is 11.8. The first-order valence-corrected chi connectivity index (χ1v) is 11.2. The van der Waals surface area contributed by atoms with E-state index in [2.05, 4.69) is 8.75 Å². The van der Waals surface area contributed by atoms with E-state index in [4.69, 9.17) is 18.9 Å². The first-order chi connectivity index (χ1) is 16.1. The third-order valence-corrected chi connectivity index (χ3v) is 6.66. The minimum Gasteiger partial charge on any atom is -0.497 e. The second-order valence-electron chi connectivity index (χ2n) is 7.95. The van der Waals surface area contributed by atoms with Crippen LogP contribution in [0.4, 0.5) is 0 Å². The van der Waals surface area contributed by atoms with Crippen molar-refractivity contribution in [3.05, 3.63) is 82.9 Å². The number of benzene rings is 3. The lowest BCUT2D eigenvalue weighted by Gasteiger charge is -2.27. The molecule has 0 bridgehead atoms. The summed E-state index contributed by atoms with van der Waals surface area (Å²) in [5.74, 6) is 0.539. The van der Waals surface area contributed by atoms with E-state index in [9.17, 15) is 5.11 Å². The predicted molar refractivity (Wildman–Crippen MR) is 123 cm³/mol. The van der Waals surface area contributed by atoms with Crippen LogP contribution in [0.3, 0.4) is 0 Å². The van der Waals surface area contributed by atoms with Gasteiger partial charge in [-0.1, -0.05) is 12.1 Å². The van der Waals surface area contributed by atoms with Crippen molar-refractivity contribution in [2.75, 3.05) is 20.5 Å². The van der Waals surface area contributed by atoms with Crippen molar-refractivity contribution in [1.29, 1.82) is 0 Å². The van der Waals surface area contributed by atoms with Crippen LogP contribution in [0.2, 0.25) is 0 Å². The molecule has 33 heavy (non-hydrogen) atoms. The van der Waals surface area contributed by atoms with Crippen molar-refractivity contribution in [3.8, 4) is 17.2 Å². The van der Waals surface area contributed by atoms with E-state index >= 15 is 0 Å². The first-order valence-electron chi connectivity index (χ1n) is 10.5. The minimum atomic E-state index is -1.58. The molecule has 7 nitrogen and oxygen atoms in total. The number of hydrogen-bond donors (Lipinski definition) is 1. The molecule has 166 valence electrons. The molecule has 4 aromatic rings. The highest BCUT2D eigenvalue weighted by molar-refractivity contribution is 7.00. The third-order valence-electron chi connectivity index (χ3n) is 6.10. The summed E-state index contributed by atoms with van der Waals surface area (Å²) in [4.78, 5) is 0. The van der Waals surface area contributed by atoms with Gasteiger partial charge in [-0.3, -0.25) is 0 Å². The van der Waals surface area contributed by atoms with E-state index in [0.29, 0.717) is 29.2 Å². The summed E-state index contributed by atoms with van der Waals surface area (Å²) < 4.78 is 31.1. The Bertz CT molecular complexity index is 1380. The molecular weight excluding hydrogens is 440 g/mol. The van der Waals surface area contributed by atoms with Gasteiger partial charge >= 0.3 is 0 Å². The summed E-state index contributed by atoms with van der Waals surface area (Å²) in [6.45, 7) is 0.469. The molecular formula is C25H20N2O5S. The largest absolute Gasteiger partial charge is 0.497 e. The fraction of sp³-hybridized carbons (Fsp3) is 0.200. The number of methoxy groups -OCH3 is 1. The summed E-state index contributed by atoms with van der Waals surface area (Å²) in [5, 5.41) is 11.8. The maximum absolute atomic E-state index is 11.8. The minimum absolute atomic E-state index is 0.207. The number of ether oxygens (including phenoxy) is 4. The molecule has 1 atom stereocenters. The summed E-state index contributed by atoms with van der Waals surface area (Å²) >= 11 is 1.19. The van der Waals surface area contributed by atoms with Crippen LogP contribution in [-0.4, -0.2) is 34.4 Å². The molecule has 1 aromatic heterocycles. The Hall–Kier alpha value is -3.46. The Morgan fingerprint density at radius 2 is 1.79 bits per heavy atom. The lowest BCUT2D eigenvalue weighted by Crippen LogP contribution is -2.29. The monoisotopic (exact) mass is 460 g/mol. The third kappa shape index (κ3) is 3.43. The molecule has 0 spiro atoms. The van der Waals surface area contributed by atoms with E-state index in [-0.39, 0.29) is 13.4 Å².